The summed E-state index contributed by atoms with van der Waals surface area (Å²) in [5.74, 6) is 0. The first kappa shape index (κ1) is 20.8. The molecule has 1 atom stereocenters. The maximum absolute atomic E-state index is 6.26. The number of hydrogen-bond acceptors (Lipinski definition) is 3. The summed E-state index contributed by atoms with van der Waals surface area (Å²) in [5, 5.41) is 5.20. The van der Waals surface area contributed by atoms with Gasteiger partial charge >= 0.3 is 0 Å². The van der Waals surface area contributed by atoms with Crippen LogP contribution in [-0.4, -0.2) is 9.97 Å². The molecule has 4 rings (SSSR count). The van der Waals surface area contributed by atoms with Gasteiger partial charge in [-0.3, -0.25) is 9.97 Å². The molecule has 0 fully saturated rings. The summed E-state index contributed by atoms with van der Waals surface area (Å²) in [4.78, 5) is 8.89. The van der Waals surface area contributed by atoms with E-state index in [9.17, 15) is 0 Å². The smallest absolute Gasteiger partial charge is 0.0754 e. The lowest BCUT2D eigenvalue weighted by Gasteiger charge is -2.20. The van der Waals surface area contributed by atoms with Crippen LogP contribution in [0.15, 0.2) is 85.2 Å². The molecule has 2 heterocycles. The highest BCUT2D eigenvalue weighted by atomic mass is 35.5. The van der Waals surface area contributed by atoms with Crippen LogP contribution >= 0.6 is 34.8 Å². The molecule has 3 nitrogen and oxygen atoms in total. The number of hydrogen-bond donors (Lipinski definition) is 1. The molecule has 2 aromatic carbocycles. The quantitative estimate of drug-likeness (QED) is 0.341. The Morgan fingerprint density at radius 2 is 1.63 bits per heavy atom. The Bertz CT molecular complexity index is 1110. The number of aromatic nitrogens is 2. The van der Waals surface area contributed by atoms with E-state index in [1.54, 1.807) is 18.5 Å². The number of nitrogens with zero attached hydrogens (tertiary/aromatic N) is 2. The Labute approximate surface area is 190 Å². The second-order valence-corrected chi connectivity index (χ2v) is 8.05. The lowest BCUT2D eigenvalue weighted by molar-refractivity contribution is 0.592. The average molecular weight is 455 g/mol. The molecule has 0 spiro atoms. The SMILES string of the molecule is Clc1ccc(C(NCc2ccc(-c3ccccn3)cc2)c2ccc(Cl)c(Cl)c2)nc1. The summed E-state index contributed by atoms with van der Waals surface area (Å²) in [5.41, 5.74) is 5.01. The van der Waals surface area contributed by atoms with Crippen molar-refractivity contribution in [3.63, 3.8) is 0 Å². The Morgan fingerprint density at radius 3 is 2.30 bits per heavy atom. The summed E-state index contributed by atoms with van der Waals surface area (Å²) in [6, 6.07) is 23.4. The van der Waals surface area contributed by atoms with Crippen LogP contribution < -0.4 is 5.32 Å². The van der Waals surface area contributed by atoms with Gasteiger partial charge in [0.05, 0.1) is 32.5 Å². The third-order valence-corrected chi connectivity index (χ3v) is 5.71. The monoisotopic (exact) mass is 453 g/mol. The third-order valence-electron chi connectivity index (χ3n) is 4.75. The van der Waals surface area contributed by atoms with E-state index in [2.05, 4.69) is 39.6 Å². The van der Waals surface area contributed by atoms with Crippen molar-refractivity contribution in [1.29, 1.82) is 0 Å². The summed E-state index contributed by atoms with van der Waals surface area (Å²) in [6.07, 6.45) is 3.44. The number of halogens is 3. The first-order valence-electron chi connectivity index (χ1n) is 9.40. The minimum Gasteiger partial charge on any atom is -0.301 e. The van der Waals surface area contributed by atoms with E-state index in [1.807, 2.05) is 42.5 Å². The van der Waals surface area contributed by atoms with Gasteiger partial charge in [-0.25, -0.2) is 0 Å². The Balaban J connectivity index is 1.56. The van der Waals surface area contributed by atoms with Gasteiger partial charge in [-0.05, 0) is 47.5 Å². The topological polar surface area (TPSA) is 37.8 Å². The molecule has 6 heteroatoms. The largest absolute Gasteiger partial charge is 0.301 e. The first-order valence-corrected chi connectivity index (χ1v) is 10.5. The standard InChI is InChI=1S/C24H18Cl3N3/c25-19-9-11-23(29-15-19)24(18-8-10-20(26)21(27)13-18)30-14-16-4-6-17(7-5-16)22-3-1-2-12-28-22/h1-13,15,24,30H,14H2. The molecule has 0 aliphatic carbocycles. The zero-order chi connectivity index (χ0) is 20.9. The maximum Gasteiger partial charge on any atom is 0.0754 e. The summed E-state index contributed by atoms with van der Waals surface area (Å²) in [7, 11) is 0. The van der Waals surface area contributed by atoms with Gasteiger partial charge in [0.15, 0.2) is 0 Å². The number of rotatable bonds is 6. The average Bonchev–Trinajstić information content (AvgIpc) is 2.78. The molecule has 0 aliphatic rings. The van der Waals surface area contributed by atoms with Crippen molar-refractivity contribution in [1.82, 2.24) is 15.3 Å². The van der Waals surface area contributed by atoms with Crippen molar-refractivity contribution < 1.29 is 0 Å². The normalized spacial score (nSPS) is 12.0. The van der Waals surface area contributed by atoms with E-state index < -0.39 is 0 Å². The van der Waals surface area contributed by atoms with Gasteiger partial charge in [0.1, 0.15) is 0 Å². The van der Waals surface area contributed by atoms with E-state index in [0.717, 1.165) is 28.1 Å². The molecule has 1 unspecified atom stereocenters. The fourth-order valence-corrected chi connectivity index (χ4v) is 3.61. The third kappa shape index (κ3) is 5.00. The molecule has 0 aliphatic heterocycles. The van der Waals surface area contributed by atoms with Gasteiger partial charge < -0.3 is 5.32 Å². The van der Waals surface area contributed by atoms with Gasteiger partial charge in [0.25, 0.3) is 0 Å². The van der Waals surface area contributed by atoms with Crippen molar-refractivity contribution >= 4 is 34.8 Å². The number of pyridine rings is 2. The van der Waals surface area contributed by atoms with Crippen LogP contribution in [0.5, 0.6) is 0 Å². The van der Waals surface area contributed by atoms with Crippen molar-refractivity contribution in [3.8, 4) is 11.3 Å². The molecule has 0 amide bonds. The van der Waals surface area contributed by atoms with Crippen molar-refractivity contribution in [3.05, 3.63) is 117 Å². The molecule has 4 aromatic rings. The number of benzene rings is 2. The molecular weight excluding hydrogens is 437 g/mol. The van der Waals surface area contributed by atoms with E-state index in [0.29, 0.717) is 21.6 Å². The first-order chi connectivity index (χ1) is 14.6. The fraction of sp³-hybridized carbons (Fsp3) is 0.0833. The van der Waals surface area contributed by atoms with E-state index in [-0.39, 0.29) is 6.04 Å². The zero-order valence-electron chi connectivity index (χ0n) is 15.9. The lowest BCUT2D eigenvalue weighted by Crippen LogP contribution is -2.23. The molecule has 0 saturated carbocycles. The predicted molar refractivity (Wildman–Crippen MR) is 124 cm³/mol. The van der Waals surface area contributed by atoms with Gasteiger partial charge in [0, 0.05) is 24.5 Å². The highest BCUT2D eigenvalue weighted by Crippen LogP contribution is 2.29. The molecule has 0 saturated heterocycles. The van der Waals surface area contributed by atoms with Crippen LogP contribution in [-0.2, 0) is 6.54 Å². The minimum atomic E-state index is -0.160. The van der Waals surface area contributed by atoms with Crippen molar-refractivity contribution in [2.45, 2.75) is 12.6 Å². The second kappa shape index (κ2) is 9.59. The fourth-order valence-electron chi connectivity index (χ4n) is 3.19. The van der Waals surface area contributed by atoms with Crippen molar-refractivity contribution in [2.75, 3.05) is 0 Å². The maximum atomic E-state index is 6.26. The molecule has 1 N–H and O–H groups in total. The molecule has 30 heavy (non-hydrogen) atoms. The lowest BCUT2D eigenvalue weighted by atomic mass is 10.0. The second-order valence-electron chi connectivity index (χ2n) is 6.80. The number of nitrogens with one attached hydrogen (secondary N) is 1. The van der Waals surface area contributed by atoms with Crippen molar-refractivity contribution in [2.24, 2.45) is 0 Å². The van der Waals surface area contributed by atoms with Crippen LogP contribution in [0.3, 0.4) is 0 Å². The van der Waals surface area contributed by atoms with Gasteiger partial charge in [0.2, 0.25) is 0 Å². The van der Waals surface area contributed by atoms with Crippen LogP contribution in [0.2, 0.25) is 15.1 Å². The molecule has 0 bridgehead atoms. The van der Waals surface area contributed by atoms with Crippen LogP contribution in [0.4, 0.5) is 0 Å². The minimum absolute atomic E-state index is 0.160. The zero-order valence-corrected chi connectivity index (χ0v) is 18.2. The van der Waals surface area contributed by atoms with E-state index in [4.69, 9.17) is 34.8 Å². The van der Waals surface area contributed by atoms with E-state index in [1.165, 1.54) is 0 Å². The highest BCUT2D eigenvalue weighted by molar-refractivity contribution is 6.42. The van der Waals surface area contributed by atoms with Gasteiger partial charge in [-0.2, -0.15) is 0 Å². The Kier molecular flexibility index (Phi) is 6.66. The predicted octanol–water partition coefficient (Wildman–Crippen LogP) is 6.98. The Hall–Kier alpha value is -2.43. The highest BCUT2D eigenvalue weighted by Gasteiger charge is 2.16. The summed E-state index contributed by atoms with van der Waals surface area (Å²) >= 11 is 18.4. The molecule has 2 aromatic heterocycles. The summed E-state index contributed by atoms with van der Waals surface area (Å²) < 4.78 is 0. The molecule has 0 radical (unpaired) electrons. The Morgan fingerprint density at radius 1 is 0.800 bits per heavy atom. The van der Waals surface area contributed by atoms with Gasteiger partial charge in [-0.1, -0.05) is 71.2 Å². The van der Waals surface area contributed by atoms with Gasteiger partial charge in [-0.15, -0.1) is 0 Å². The van der Waals surface area contributed by atoms with Crippen LogP contribution in [0, 0.1) is 0 Å². The van der Waals surface area contributed by atoms with Crippen LogP contribution in [0.25, 0.3) is 11.3 Å². The van der Waals surface area contributed by atoms with Crippen LogP contribution in [0.1, 0.15) is 22.9 Å². The molecular formula is C24H18Cl3N3. The van der Waals surface area contributed by atoms with E-state index >= 15 is 0 Å². The molecule has 150 valence electrons. The summed E-state index contributed by atoms with van der Waals surface area (Å²) in [6.45, 7) is 0.651.